The lowest BCUT2D eigenvalue weighted by Crippen LogP contribution is -1.70. The highest BCUT2D eigenvalue weighted by atomic mass is 16.6. The summed E-state index contributed by atoms with van der Waals surface area (Å²) in [5.74, 6) is 2.73. The van der Waals surface area contributed by atoms with Gasteiger partial charge in [-0.1, -0.05) is 0 Å². The van der Waals surface area contributed by atoms with Gasteiger partial charge in [-0.25, -0.2) is 0 Å². The van der Waals surface area contributed by atoms with Gasteiger partial charge in [0.2, 0.25) is 11.5 Å². The van der Waals surface area contributed by atoms with Crippen LogP contribution in [0.15, 0.2) is 24.3 Å². The third-order valence-electron chi connectivity index (χ3n) is 2.80. The van der Waals surface area contributed by atoms with Gasteiger partial charge >= 0.3 is 0 Å². The first-order chi connectivity index (χ1) is 7.75. The number of phenols is 2. The summed E-state index contributed by atoms with van der Waals surface area (Å²) in [6, 6.07) is 6.72. The Labute approximate surface area is 90.3 Å². The average Bonchev–Trinajstić information content (AvgIpc) is 3.13. The number of aromatic hydroxyl groups is 2. The molecule has 0 aliphatic carbocycles. The molecule has 2 N–H and O–H groups in total. The highest BCUT2D eigenvalue weighted by molar-refractivity contribution is 5.90. The minimum atomic E-state index is 0.152. The predicted molar refractivity (Wildman–Crippen MR) is 55.4 cm³/mol. The molecule has 2 heterocycles. The molecule has 0 aromatic heterocycles. The Bertz CT molecular complexity index is 588. The summed E-state index contributed by atoms with van der Waals surface area (Å²) in [6.45, 7) is 0. The van der Waals surface area contributed by atoms with Crippen molar-refractivity contribution in [2.24, 2.45) is 0 Å². The summed E-state index contributed by atoms with van der Waals surface area (Å²) >= 11 is 0. The quantitative estimate of drug-likeness (QED) is 0.478. The third kappa shape index (κ3) is 0.839. The smallest absolute Gasteiger partial charge is 0.212 e. The van der Waals surface area contributed by atoms with Gasteiger partial charge in [0.1, 0.15) is 0 Å². The fraction of sp³-hybridized carbons (Fsp3) is 0. The van der Waals surface area contributed by atoms with Crippen molar-refractivity contribution in [2.45, 2.75) is 0 Å². The molecule has 4 heteroatoms. The number of hydrogen-bond donors (Lipinski definition) is 2. The Morgan fingerprint density at radius 3 is 1.50 bits per heavy atom. The summed E-state index contributed by atoms with van der Waals surface area (Å²) in [5.41, 5.74) is 1.75. The first-order valence-electron chi connectivity index (χ1n) is 4.84. The molecule has 4 nitrogen and oxygen atoms in total. The lowest BCUT2D eigenvalue weighted by atomic mass is 10.1. The van der Waals surface area contributed by atoms with Crippen LogP contribution in [0.2, 0.25) is 0 Å². The summed E-state index contributed by atoms with van der Waals surface area (Å²) in [5, 5.41) is 18.7. The molecule has 2 aliphatic rings. The van der Waals surface area contributed by atoms with Crippen molar-refractivity contribution in [3.8, 4) is 45.6 Å². The minimum absolute atomic E-state index is 0.152. The van der Waals surface area contributed by atoms with E-state index in [4.69, 9.17) is 9.47 Å². The zero-order chi connectivity index (χ0) is 10.9. The lowest BCUT2D eigenvalue weighted by Gasteiger charge is -1.95. The van der Waals surface area contributed by atoms with E-state index in [1.54, 1.807) is 24.3 Å². The standard InChI is InChI=1S/C12H6O4/c13-7-3-1-5(9-11(7)15-9)6-2-4-8(14)12-10(6)16-12/h1-4,13-14H. The van der Waals surface area contributed by atoms with Crippen LogP contribution >= 0.6 is 0 Å². The van der Waals surface area contributed by atoms with E-state index in [0.717, 1.165) is 11.1 Å². The first-order valence-corrected chi connectivity index (χ1v) is 4.84. The summed E-state index contributed by atoms with van der Waals surface area (Å²) < 4.78 is 10.4. The van der Waals surface area contributed by atoms with Gasteiger partial charge in [0.05, 0.1) is 0 Å². The molecule has 0 saturated carbocycles. The van der Waals surface area contributed by atoms with Crippen LogP contribution in [0.3, 0.4) is 0 Å². The minimum Gasteiger partial charge on any atom is -0.504 e. The largest absolute Gasteiger partial charge is 0.504 e. The summed E-state index contributed by atoms with van der Waals surface area (Å²) in [6.07, 6.45) is 0. The van der Waals surface area contributed by atoms with E-state index in [9.17, 15) is 10.2 Å². The van der Waals surface area contributed by atoms with E-state index in [-0.39, 0.29) is 11.5 Å². The zero-order valence-electron chi connectivity index (χ0n) is 8.02. The van der Waals surface area contributed by atoms with Gasteiger partial charge in [-0.2, -0.15) is 0 Å². The fourth-order valence-corrected chi connectivity index (χ4v) is 1.90. The molecule has 0 bridgehead atoms. The van der Waals surface area contributed by atoms with Crippen LogP contribution in [-0.4, -0.2) is 10.2 Å². The maximum Gasteiger partial charge on any atom is 0.212 e. The van der Waals surface area contributed by atoms with Crippen LogP contribution in [0.25, 0.3) is 11.1 Å². The SMILES string of the molecule is Oc1ccc(-c2ccc(O)c3c2O3)c2c1O2. The van der Waals surface area contributed by atoms with Crippen LogP contribution in [0.1, 0.15) is 0 Å². The topological polar surface area (TPSA) is 65.5 Å². The number of ether oxygens (including phenoxy) is 2. The average molecular weight is 214 g/mol. The molecule has 0 atom stereocenters. The van der Waals surface area contributed by atoms with Gasteiger partial charge in [-0.05, 0) is 24.3 Å². The van der Waals surface area contributed by atoms with Crippen LogP contribution in [-0.2, 0) is 0 Å². The maximum atomic E-state index is 9.37. The molecule has 4 rings (SSSR count). The first kappa shape index (κ1) is 7.87. The highest BCUT2D eigenvalue weighted by Crippen LogP contribution is 2.63. The van der Waals surface area contributed by atoms with E-state index < -0.39 is 0 Å². The van der Waals surface area contributed by atoms with Gasteiger partial charge in [0.15, 0.2) is 23.0 Å². The molecular weight excluding hydrogens is 208 g/mol. The molecule has 2 aromatic rings. The van der Waals surface area contributed by atoms with E-state index in [2.05, 4.69) is 0 Å². The molecular formula is C12H6O4. The second-order valence-corrected chi connectivity index (χ2v) is 3.79. The molecule has 0 spiro atoms. The molecule has 0 amide bonds. The van der Waals surface area contributed by atoms with Crippen molar-refractivity contribution in [2.75, 3.05) is 0 Å². The van der Waals surface area contributed by atoms with Gasteiger partial charge in [-0.15, -0.1) is 0 Å². The van der Waals surface area contributed by atoms with Crippen LogP contribution in [0, 0.1) is 0 Å². The van der Waals surface area contributed by atoms with Gasteiger partial charge in [-0.3, -0.25) is 0 Å². The molecule has 0 saturated heterocycles. The van der Waals surface area contributed by atoms with Crippen molar-refractivity contribution in [3.63, 3.8) is 0 Å². The molecule has 0 fully saturated rings. The van der Waals surface area contributed by atoms with Crippen molar-refractivity contribution in [1.82, 2.24) is 0 Å². The molecule has 78 valence electrons. The lowest BCUT2D eigenvalue weighted by molar-refractivity contribution is 0.463. The Hall–Kier alpha value is -2.36. The molecule has 2 aliphatic heterocycles. The fourth-order valence-electron chi connectivity index (χ4n) is 1.90. The van der Waals surface area contributed by atoms with Crippen molar-refractivity contribution in [3.05, 3.63) is 24.3 Å². The number of hydrogen-bond acceptors (Lipinski definition) is 4. The normalized spacial score (nSPS) is 13.2. The number of phenolic OH excluding ortho intramolecular Hbond substituents is 2. The number of benzene rings is 2. The van der Waals surface area contributed by atoms with Crippen molar-refractivity contribution < 1.29 is 19.7 Å². The Morgan fingerprint density at radius 1 is 0.625 bits per heavy atom. The summed E-state index contributed by atoms with van der Waals surface area (Å²) in [4.78, 5) is 0. The van der Waals surface area contributed by atoms with Crippen LogP contribution in [0.4, 0.5) is 0 Å². The third-order valence-corrected chi connectivity index (χ3v) is 2.80. The van der Waals surface area contributed by atoms with Crippen LogP contribution in [0.5, 0.6) is 34.5 Å². The number of rotatable bonds is 1. The molecule has 0 radical (unpaired) electrons. The highest BCUT2D eigenvalue weighted by Gasteiger charge is 2.35. The van der Waals surface area contributed by atoms with E-state index in [1.807, 2.05) is 0 Å². The second kappa shape index (κ2) is 2.24. The van der Waals surface area contributed by atoms with Crippen LogP contribution < -0.4 is 9.47 Å². The Balaban J connectivity index is 1.94. The molecule has 16 heavy (non-hydrogen) atoms. The van der Waals surface area contributed by atoms with E-state index >= 15 is 0 Å². The molecule has 0 unspecified atom stereocenters. The second-order valence-electron chi connectivity index (χ2n) is 3.79. The predicted octanol–water partition coefficient (Wildman–Crippen LogP) is 2.98. The molecule has 2 aromatic carbocycles. The maximum absolute atomic E-state index is 9.37. The summed E-state index contributed by atoms with van der Waals surface area (Å²) in [7, 11) is 0. The van der Waals surface area contributed by atoms with E-state index in [0.29, 0.717) is 23.0 Å². The monoisotopic (exact) mass is 214 g/mol. The van der Waals surface area contributed by atoms with E-state index in [1.165, 1.54) is 0 Å². The zero-order valence-corrected chi connectivity index (χ0v) is 8.02. The van der Waals surface area contributed by atoms with Crippen molar-refractivity contribution >= 4 is 0 Å². The van der Waals surface area contributed by atoms with Crippen molar-refractivity contribution in [1.29, 1.82) is 0 Å². The number of fused-ring (bicyclic) bond motifs is 2. The van der Waals surface area contributed by atoms with Gasteiger partial charge in [0, 0.05) is 11.1 Å². The Kier molecular flexibility index (Phi) is 1.10. The van der Waals surface area contributed by atoms with Gasteiger partial charge in [0.25, 0.3) is 0 Å². The van der Waals surface area contributed by atoms with Gasteiger partial charge < -0.3 is 19.7 Å². The Morgan fingerprint density at radius 2 is 1.06 bits per heavy atom.